The van der Waals surface area contributed by atoms with E-state index in [1.165, 1.54) is 0 Å². The van der Waals surface area contributed by atoms with Crippen LogP contribution in [0, 0.1) is 5.92 Å². The first-order valence-corrected chi connectivity index (χ1v) is 6.07. The topological polar surface area (TPSA) is 39.9 Å². The van der Waals surface area contributed by atoms with Crippen LogP contribution in [0.15, 0.2) is 0 Å². The first-order chi connectivity index (χ1) is 7.61. The minimum atomic E-state index is 0.203. The third kappa shape index (κ3) is 2.95. The monoisotopic (exact) mass is 245 g/mol. The van der Waals surface area contributed by atoms with Crippen LogP contribution in [-0.4, -0.2) is 28.5 Å². The number of aromatic nitrogens is 3. The third-order valence-electron chi connectivity index (χ3n) is 2.64. The molecule has 92 valence electrons. The molecule has 0 aromatic carbocycles. The van der Waals surface area contributed by atoms with E-state index in [1.807, 2.05) is 4.57 Å². The maximum atomic E-state index is 6.09. The van der Waals surface area contributed by atoms with Crippen molar-refractivity contribution in [3.05, 3.63) is 11.1 Å². The van der Waals surface area contributed by atoms with Crippen molar-refractivity contribution in [2.75, 3.05) is 13.7 Å². The molecule has 1 aromatic rings. The minimum absolute atomic E-state index is 0.203. The van der Waals surface area contributed by atoms with Crippen LogP contribution in [0.2, 0.25) is 5.28 Å². The molecule has 0 spiro atoms. The average Bonchev–Trinajstić information content (AvgIpc) is 2.57. The molecule has 0 amide bonds. The Labute approximate surface area is 102 Å². The molecule has 0 saturated carbocycles. The molecule has 1 rings (SSSR count). The molecule has 16 heavy (non-hydrogen) atoms. The van der Waals surface area contributed by atoms with E-state index in [0.717, 1.165) is 18.7 Å². The van der Waals surface area contributed by atoms with Gasteiger partial charge < -0.3 is 4.74 Å². The summed E-state index contributed by atoms with van der Waals surface area (Å²) < 4.78 is 7.24. The van der Waals surface area contributed by atoms with Crippen molar-refractivity contribution < 1.29 is 4.74 Å². The van der Waals surface area contributed by atoms with E-state index in [2.05, 4.69) is 31.0 Å². The minimum Gasteiger partial charge on any atom is -0.383 e. The molecule has 1 aromatic heterocycles. The van der Waals surface area contributed by atoms with Gasteiger partial charge in [-0.05, 0) is 23.9 Å². The lowest BCUT2D eigenvalue weighted by atomic mass is 10.0. The van der Waals surface area contributed by atoms with Gasteiger partial charge in [0, 0.05) is 13.5 Å². The number of halogens is 1. The second-order valence-corrected chi connectivity index (χ2v) is 4.61. The summed E-state index contributed by atoms with van der Waals surface area (Å²) in [5.74, 6) is 1.38. The Bertz CT molecular complexity index is 325. The Hall–Kier alpha value is -0.610. The predicted molar refractivity (Wildman–Crippen MR) is 64.8 cm³/mol. The van der Waals surface area contributed by atoms with E-state index in [-0.39, 0.29) is 6.04 Å². The lowest BCUT2D eigenvalue weighted by Gasteiger charge is -2.23. The molecular weight excluding hydrogens is 226 g/mol. The SMILES string of the molecule is CCCc1nnc(Cl)n1C(COC)C(C)C. The number of aryl methyl sites for hydroxylation is 1. The second kappa shape index (κ2) is 6.21. The van der Waals surface area contributed by atoms with E-state index < -0.39 is 0 Å². The van der Waals surface area contributed by atoms with Crippen molar-refractivity contribution in [3.63, 3.8) is 0 Å². The molecular formula is C11H20ClN3O. The van der Waals surface area contributed by atoms with Crippen molar-refractivity contribution in [2.45, 2.75) is 39.7 Å². The lowest BCUT2D eigenvalue weighted by Crippen LogP contribution is -2.22. The Morgan fingerprint density at radius 3 is 2.56 bits per heavy atom. The zero-order chi connectivity index (χ0) is 12.1. The van der Waals surface area contributed by atoms with Crippen LogP contribution in [0.5, 0.6) is 0 Å². The normalized spacial score (nSPS) is 13.4. The van der Waals surface area contributed by atoms with E-state index in [1.54, 1.807) is 7.11 Å². The largest absolute Gasteiger partial charge is 0.383 e. The summed E-state index contributed by atoms with van der Waals surface area (Å²) in [6.45, 7) is 7.05. The van der Waals surface area contributed by atoms with E-state index in [4.69, 9.17) is 16.3 Å². The standard InChI is InChI=1S/C11H20ClN3O/c1-5-6-10-13-14-11(12)15(10)9(7-16-4)8(2)3/h8-9H,5-7H2,1-4H3. The number of hydrogen-bond acceptors (Lipinski definition) is 3. The number of rotatable bonds is 6. The smallest absolute Gasteiger partial charge is 0.225 e. The Kier molecular flexibility index (Phi) is 5.22. The van der Waals surface area contributed by atoms with Crippen LogP contribution in [0.3, 0.4) is 0 Å². The molecule has 4 nitrogen and oxygen atoms in total. The Morgan fingerprint density at radius 1 is 1.38 bits per heavy atom. The Balaban J connectivity index is 3.01. The number of nitrogens with zero attached hydrogens (tertiary/aromatic N) is 3. The fraction of sp³-hybridized carbons (Fsp3) is 0.818. The summed E-state index contributed by atoms with van der Waals surface area (Å²) in [4.78, 5) is 0. The van der Waals surface area contributed by atoms with Crippen molar-refractivity contribution in [3.8, 4) is 0 Å². The molecule has 0 fully saturated rings. The summed E-state index contributed by atoms with van der Waals surface area (Å²) in [7, 11) is 1.70. The molecule has 0 N–H and O–H groups in total. The van der Waals surface area contributed by atoms with Crippen molar-refractivity contribution in [2.24, 2.45) is 5.92 Å². The van der Waals surface area contributed by atoms with E-state index >= 15 is 0 Å². The second-order valence-electron chi connectivity index (χ2n) is 4.27. The first kappa shape index (κ1) is 13.5. The maximum Gasteiger partial charge on any atom is 0.225 e. The van der Waals surface area contributed by atoms with Gasteiger partial charge >= 0.3 is 0 Å². The quantitative estimate of drug-likeness (QED) is 0.774. The van der Waals surface area contributed by atoms with E-state index in [0.29, 0.717) is 17.8 Å². The molecule has 0 aliphatic carbocycles. The van der Waals surface area contributed by atoms with Gasteiger partial charge in [-0.2, -0.15) is 0 Å². The third-order valence-corrected chi connectivity index (χ3v) is 2.89. The molecule has 0 aliphatic rings. The maximum absolute atomic E-state index is 6.09. The van der Waals surface area contributed by atoms with Crippen molar-refractivity contribution >= 4 is 11.6 Å². The van der Waals surface area contributed by atoms with Gasteiger partial charge in [0.1, 0.15) is 5.82 Å². The molecule has 5 heteroatoms. The highest BCUT2D eigenvalue weighted by molar-refractivity contribution is 6.28. The molecule has 1 atom stereocenters. The number of methoxy groups -OCH3 is 1. The van der Waals surface area contributed by atoms with Gasteiger partial charge in [0.15, 0.2) is 0 Å². The summed E-state index contributed by atoms with van der Waals surface area (Å²) in [6.07, 6.45) is 1.93. The first-order valence-electron chi connectivity index (χ1n) is 5.70. The van der Waals surface area contributed by atoms with Crippen LogP contribution in [-0.2, 0) is 11.2 Å². The molecule has 0 bridgehead atoms. The molecule has 0 aliphatic heterocycles. The molecule has 1 unspecified atom stereocenters. The van der Waals surface area contributed by atoms with Crippen LogP contribution < -0.4 is 0 Å². The molecule has 0 radical (unpaired) electrons. The van der Waals surface area contributed by atoms with Gasteiger partial charge in [0.2, 0.25) is 5.28 Å². The molecule has 1 heterocycles. The zero-order valence-electron chi connectivity index (χ0n) is 10.4. The summed E-state index contributed by atoms with van der Waals surface area (Å²) in [5, 5.41) is 8.52. The molecule has 0 saturated heterocycles. The number of ether oxygens (including phenoxy) is 1. The van der Waals surface area contributed by atoms with Gasteiger partial charge in [-0.15, -0.1) is 10.2 Å². The van der Waals surface area contributed by atoms with Crippen molar-refractivity contribution in [1.29, 1.82) is 0 Å². The highest BCUT2D eigenvalue weighted by Crippen LogP contribution is 2.24. The number of hydrogen-bond donors (Lipinski definition) is 0. The van der Waals surface area contributed by atoms with Crippen LogP contribution in [0.1, 0.15) is 39.1 Å². The predicted octanol–water partition coefficient (Wildman–Crippen LogP) is 2.73. The Morgan fingerprint density at radius 2 is 2.06 bits per heavy atom. The summed E-state index contributed by atoms with van der Waals surface area (Å²) in [5.41, 5.74) is 0. The fourth-order valence-electron chi connectivity index (χ4n) is 1.76. The van der Waals surface area contributed by atoms with Crippen LogP contribution >= 0.6 is 11.6 Å². The van der Waals surface area contributed by atoms with Crippen LogP contribution in [0.25, 0.3) is 0 Å². The summed E-state index contributed by atoms with van der Waals surface area (Å²) in [6, 6.07) is 0.203. The van der Waals surface area contributed by atoms with Crippen molar-refractivity contribution in [1.82, 2.24) is 14.8 Å². The van der Waals surface area contributed by atoms with Crippen LogP contribution in [0.4, 0.5) is 0 Å². The fourth-order valence-corrected chi connectivity index (χ4v) is 2.02. The van der Waals surface area contributed by atoms with Gasteiger partial charge in [0.25, 0.3) is 0 Å². The average molecular weight is 246 g/mol. The van der Waals surface area contributed by atoms with Gasteiger partial charge in [0.05, 0.1) is 12.6 Å². The van der Waals surface area contributed by atoms with E-state index in [9.17, 15) is 0 Å². The lowest BCUT2D eigenvalue weighted by molar-refractivity contribution is 0.131. The zero-order valence-corrected chi connectivity index (χ0v) is 11.2. The highest BCUT2D eigenvalue weighted by Gasteiger charge is 2.22. The summed E-state index contributed by atoms with van der Waals surface area (Å²) >= 11 is 6.09. The van der Waals surface area contributed by atoms with Gasteiger partial charge in [-0.25, -0.2) is 0 Å². The van der Waals surface area contributed by atoms with Gasteiger partial charge in [-0.1, -0.05) is 20.8 Å². The van der Waals surface area contributed by atoms with Gasteiger partial charge in [-0.3, -0.25) is 4.57 Å². The highest BCUT2D eigenvalue weighted by atomic mass is 35.5.